The molecule has 2 N–H and O–H groups in total. The van der Waals surface area contributed by atoms with E-state index in [-0.39, 0.29) is 29.7 Å². The fraction of sp³-hybridized carbons (Fsp3) is 0.806. The lowest BCUT2D eigenvalue weighted by atomic mass is 9.90. The van der Waals surface area contributed by atoms with E-state index in [2.05, 4.69) is 15.5 Å². The van der Waals surface area contributed by atoms with Gasteiger partial charge in [-0.1, -0.05) is 6.42 Å². The highest BCUT2D eigenvalue weighted by Gasteiger charge is 2.27. The number of imide groups is 1. The van der Waals surface area contributed by atoms with E-state index in [9.17, 15) is 19.2 Å². The van der Waals surface area contributed by atoms with Crippen LogP contribution in [0, 0.1) is 0 Å². The fourth-order valence-corrected chi connectivity index (χ4v) is 5.25. The Balaban J connectivity index is 1.62. The lowest BCUT2D eigenvalue weighted by Gasteiger charge is -2.37. The topological polar surface area (TPSA) is 136 Å². The maximum Gasteiger partial charge on any atom is 0.253 e. The molecule has 4 amide bonds. The van der Waals surface area contributed by atoms with Gasteiger partial charge in [-0.3, -0.25) is 29.0 Å². The number of nitrogens with zero attached hydrogens (tertiary/aromatic N) is 2. The lowest BCUT2D eigenvalue weighted by Crippen LogP contribution is -2.46. The summed E-state index contributed by atoms with van der Waals surface area (Å²) in [4.78, 5) is 50.9. The van der Waals surface area contributed by atoms with Crippen molar-refractivity contribution in [3.8, 4) is 0 Å². The van der Waals surface area contributed by atoms with Crippen LogP contribution in [0.3, 0.4) is 0 Å². The first-order valence-corrected chi connectivity index (χ1v) is 16.1. The number of rotatable bonds is 25. The van der Waals surface area contributed by atoms with Crippen molar-refractivity contribution >= 4 is 23.6 Å². The molecule has 0 spiro atoms. The molecule has 1 saturated carbocycles. The van der Waals surface area contributed by atoms with Gasteiger partial charge in [0.25, 0.3) is 11.8 Å². The minimum absolute atomic E-state index is 0.00227. The third-order valence-electron chi connectivity index (χ3n) is 7.61. The summed E-state index contributed by atoms with van der Waals surface area (Å²) in [5.74, 6) is -0.444. The average Bonchev–Trinajstić information content (AvgIpc) is 3.32. The van der Waals surface area contributed by atoms with Gasteiger partial charge >= 0.3 is 0 Å². The van der Waals surface area contributed by atoms with E-state index in [1.165, 1.54) is 17.1 Å². The highest BCUT2D eigenvalue weighted by atomic mass is 16.5. The molecule has 0 aromatic heterocycles. The predicted octanol–water partition coefficient (Wildman–Crippen LogP) is 1.81. The van der Waals surface area contributed by atoms with Gasteiger partial charge in [0, 0.05) is 69.9 Å². The van der Waals surface area contributed by atoms with E-state index in [1.807, 2.05) is 13.8 Å². The molecule has 12 heteroatoms. The molecule has 0 unspecified atom stereocenters. The van der Waals surface area contributed by atoms with Crippen LogP contribution in [0.2, 0.25) is 0 Å². The summed E-state index contributed by atoms with van der Waals surface area (Å²) in [5.41, 5.74) is 0. The molecule has 43 heavy (non-hydrogen) atoms. The zero-order chi connectivity index (χ0) is 31.1. The standard InChI is InChI=1S/C31H54N4O8/c1-3-32-28(36)15-19-41-24-25-43-21-18-34(17-20-42-23-22-40-4-2)27-11-9-26(10-12-27)33-29(37)8-6-5-7-16-35-30(38)13-14-31(35)39/h13-14,26-27H,3-12,15-25H2,1-2H3,(H,32,36)(H,33,37). The van der Waals surface area contributed by atoms with Crippen molar-refractivity contribution in [3.63, 3.8) is 0 Å². The van der Waals surface area contributed by atoms with E-state index in [1.54, 1.807) is 0 Å². The van der Waals surface area contributed by atoms with Crippen molar-refractivity contribution in [2.45, 2.75) is 83.7 Å². The lowest BCUT2D eigenvalue weighted by molar-refractivity contribution is -0.137. The molecule has 0 aromatic rings. The van der Waals surface area contributed by atoms with Crippen LogP contribution in [0.4, 0.5) is 0 Å². The molecule has 0 aromatic carbocycles. The Kier molecular flexibility index (Phi) is 19.7. The van der Waals surface area contributed by atoms with E-state index in [4.69, 9.17) is 18.9 Å². The molecule has 2 rings (SSSR count). The van der Waals surface area contributed by atoms with Crippen molar-refractivity contribution < 1.29 is 38.1 Å². The normalized spacial score (nSPS) is 18.5. The number of hydrogen-bond donors (Lipinski definition) is 2. The molecule has 0 atom stereocenters. The van der Waals surface area contributed by atoms with Crippen LogP contribution in [0.15, 0.2) is 12.2 Å². The summed E-state index contributed by atoms with van der Waals surface area (Å²) in [6.45, 7) is 10.9. The Bertz CT molecular complexity index is 830. The number of nitrogens with one attached hydrogen (secondary N) is 2. The molecule has 246 valence electrons. The Morgan fingerprint density at radius 1 is 0.767 bits per heavy atom. The van der Waals surface area contributed by atoms with Crippen molar-refractivity contribution in [3.05, 3.63) is 12.2 Å². The van der Waals surface area contributed by atoms with Crippen LogP contribution in [0.1, 0.15) is 71.6 Å². The van der Waals surface area contributed by atoms with Gasteiger partial charge in [-0.05, 0) is 52.4 Å². The smallest absolute Gasteiger partial charge is 0.253 e. The molecule has 1 aliphatic heterocycles. The SMILES string of the molecule is CCNC(=O)CCOCCOCCN(CCOCCOCC)C1CCC(NC(=O)CCCCCN2C(=O)C=CC2=O)CC1. The summed E-state index contributed by atoms with van der Waals surface area (Å²) in [6, 6.07) is 0.595. The number of carbonyl (C=O) groups is 4. The van der Waals surface area contributed by atoms with Gasteiger partial charge in [-0.2, -0.15) is 0 Å². The van der Waals surface area contributed by atoms with E-state index < -0.39 is 0 Å². The number of amides is 4. The zero-order valence-electron chi connectivity index (χ0n) is 26.3. The monoisotopic (exact) mass is 610 g/mol. The molecule has 0 radical (unpaired) electrons. The van der Waals surface area contributed by atoms with Gasteiger partial charge in [-0.15, -0.1) is 0 Å². The van der Waals surface area contributed by atoms with Gasteiger partial charge in [-0.25, -0.2) is 0 Å². The predicted molar refractivity (Wildman–Crippen MR) is 162 cm³/mol. The first kappa shape index (κ1) is 36.8. The first-order chi connectivity index (χ1) is 20.9. The van der Waals surface area contributed by atoms with Crippen LogP contribution in [-0.2, 0) is 38.1 Å². The third kappa shape index (κ3) is 16.3. The first-order valence-electron chi connectivity index (χ1n) is 16.1. The maximum absolute atomic E-state index is 12.5. The molecule has 1 heterocycles. The van der Waals surface area contributed by atoms with E-state index in [0.717, 1.165) is 51.6 Å². The van der Waals surface area contributed by atoms with E-state index >= 15 is 0 Å². The molecule has 12 nitrogen and oxygen atoms in total. The van der Waals surface area contributed by atoms with Crippen molar-refractivity contribution in [1.82, 2.24) is 20.4 Å². The highest BCUT2D eigenvalue weighted by Crippen LogP contribution is 2.23. The Morgan fingerprint density at radius 2 is 1.37 bits per heavy atom. The third-order valence-corrected chi connectivity index (χ3v) is 7.61. The summed E-state index contributed by atoms with van der Waals surface area (Å²) in [7, 11) is 0. The molecule has 0 saturated heterocycles. The average molecular weight is 611 g/mol. The summed E-state index contributed by atoms with van der Waals surface area (Å²) in [6.07, 6.45) is 9.52. The van der Waals surface area contributed by atoms with Crippen molar-refractivity contribution in [2.75, 3.05) is 79.0 Å². The minimum Gasteiger partial charge on any atom is -0.379 e. The maximum atomic E-state index is 12.5. The Labute approximate surface area is 257 Å². The number of unbranched alkanes of at least 4 members (excludes halogenated alkanes) is 2. The quantitative estimate of drug-likeness (QED) is 0.117. The largest absolute Gasteiger partial charge is 0.379 e. The molecule has 1 aliphatic carbocycles. The van der Waals surface area contributed by atoms with Crippen LogP contribution in [0.5, 0.6) is 0 Å². The molecular weight excluding hydrogens is 556 g/mol. The summed E-state index contributed by atoms with van der Waals surface area (Å²) >= 11 is 0. The number of hydrogen-bond acceptors (Lipinski definition) is 9. The second-order valence-corrected chi connectivity index (χ2v) is 10.8. The van der Waals surface area contributed by atoms with Crippen LogP contribution < -0.4 is 10.6 Å². The Morgan fingerprint density at radius 3 is 1.98 bits per heavy atom. The summed E-state index contributed by atoms with van der Waals surface area (Å²) in [5, 5.41) is 5.95. The van der Waals surface area contributed by atoms with Crippen LogP contribution >= 0.6 is 0 Å². The van der Waals surface area contributed by atoms with Crippen LogP contribution in [-0.4, -0.2) is 125 Å². The minimum atomic E-state index is -0.255. The van der Waals surface area contributed by atoms with Crippen molar-refractivity contribution in [1.29, 1.82) is 0 Å². The molecule has 2 aliphatic rings. The van der Waals surface area contributed by atoms with Gasteiger partial charge in [0.15, 0.2) is 0 Å². The molecule has 1 fully saturated rings. The summed E-state index contributed by atoms with van der Waals surface area (Å²) < 4.78 is 22.4. The van der Waals surface area contributed by atoms with Gasteiger partial charge in [0.2, 0.25) is 11.8 Å². The second-order valence-electron chi connectivity index (χ2n) is 10.8. The van der Waals surface area contributed by atoms with Gasteiger partial charge in [0.1, 0.15) is 0 Å². The number of carbonyl (C=O) groups excluding carboxylic acids is 4. The highest BCUT2D eigenvalue weighted by molar-refractivity contribution is 6.12. The fourth-order valence-electron chi connectivity index (χ4n) is 5.25. The van der Waals surface area contributed by atoms with Crippen molar-refractivity contribution in [2.24, 2.45) is 0 Å². The number of ether oxygens (including phenoxy) is 4. The van der Waals surface area contributed by atoms with Gasteiger partial charge in [0.05, 0.1) is 46.2 Å². The molecule has 0 bridgehead atoms. The van der Waals surface area contributed by atoms with Crippen LogP contribution in [0.25, 0.3) is 0 Å². The van der Waals surface area contributed by atoms with E-state index in [0.29, 0.717) is 91.2 Å². The van der Waals surface area contributed by atoms with Gasteiger partial charge < -0.3 is 29.6 Å². The zero-order valence-corrected chi connectivity index (χ0v) is 26.3. The second kappa shape index (κ2) is 23.1. The Hall–Kier alpha value is -2.38. The molecular formula is C31H54N4O8.